The minimum absolute atomic E-state index is 0.0776. The van der Waals surface area contributed by atoms with Gasteiger partial charge in [-0.05, 0) is 82.8 Å². The van der Waals surface area contributed by atoms with E-state index >= 15 is 0 Å². The van der Waals surface area contributed by atoms with E-state index in [-0.39, 0.29) is 40.5 Å². The number of amides is 3. The molecule has 0 aromatic heterocycles. The van der Waals surface area contributed by atoms with Crippen molar-refractivity contribution in [3.8, 4) is 0 Å². The van der Waals surface area contributed by atoms with Gasteiger partial charge in [0.15, 0.2) is 5.78 Å². The van der Waals surface area contributed by atoms with E-state index in [1.807, 2.05) is 0 Å². The van der Waals surface area contributed by atoms with E-state index in [9.17, 15) is 18.8 Å². The quantitative estimate of drug-likeness (QED) is 0.393. The zero-order valence-electron chi connectivity index (χ0n) is 22.6. The maximum absolute atomic E-state index is 14.4. The highest BCUT2D eigenvalue weighted by Gasteiger charge is 2.47. The lowest BCUT2D eigenvalue weighted by Gasteiger charge is -2.43. The van der Waals surface area contributed by atoms with Crippen LogP contribution in [0.15, 0.2) is 29.6 Å². The molecule has 3 amide bonds. The van der Waals surface area contributed by atoms with Crippen LogP contribution in [0.25, 0.3) is 0 Å². The number of likely N-dealkylation sites (tertiary alicyclic amines) is 1. The van der Waals surface area contributed by atoms with E-state index in [0.29, 0.717) is 24.9 Å². The zero-order valence-corrected chi connectivity index (χ0v) is 22.6. The van der Waals surface area contributed by atoms with Gasteiger partial charge in [-0.3, -0.25) is 9.69 Å². The highest BCUT2D eigenvalue weighted by Crippen LogP contribution is 2.48. The second-order valence-corrected chi connectivity index (χ2v) is 10.8. The zero-order chi connectivity index (χ0) is 27.4. The highest BCUT2D eigenvalue weighted by atomic mass is 19.1. The third kappa shape index (κ3) is 5.95. The molecular weight excluding hydrogens is 489 g/mol. The summed E-state index contributed by atoms with van der Waals surface area (Å²) in [4.78, 5) is 41.4. The van der Waals surface area contributed by atoms with Gasteiger partial charge >= 0.3 is 12.1 Å². The Morgan fingerprint density at radius 3 is 2.53 bits per heavy atom. The summed E-state index contributed by atoms with van der Waals surface area (Å²) in [6, 6.07) is 4.57. The fraction of sp³-hybridized carbons (Fsp3) is 0.607. The summed E-state index contributed by atoms with van der Waals surface area (Å²) in [6.07, 6.45) is 6.30. The van der Waals surface area contributed by atoms with Gasteiger partial charge in [-0.25, -0.2) is 14.0 Å². The van der Waals surface area contributed by atoms with Crippen molar-refractivity contribution < 1.29 is 23.5 Å². The Kier molecular flexibility index (Phi) is 8.60. The number of Topliss-reactive ketones (excluding diaryl/α,β-unsaturated/α-hetero) is 1. The van der Waals surface area contributed by atoms with Gasteiger partial charge in [0.25, 0.3) is 0 Å². The largest absolute Gasteiger partial charge is 0.450 e. The number of hydrogen-bond donors (Lipinski definition) is 3. The molecule has 0 radical (unpaired) electrons. The summed E-state index contributed by atoms with van der Waals surface area (Å²) < 4.78 is 19.5. The second kappa shape index (κ2) is 11.7. The number of nitrogens with two attached hydrogens (primary N) is 1. The van der Waals surface area contributed by atoms with Crippen LogP contribution in [0, 0.1) is 5.82 Å². The number of nitrogens with zero attached hydrogens (tertiary/aromatic N) is 2. The molecule has 9 nitrogen and oxygen atoms in total. The van der Waals surface area contributed by atoms with Crippen LogP contribution in [0.1, 0.15) is 71.3 Å². The number of carbonyl (C=O) groups excluding carboxylic acids is 3. The molecule has 1 saturated heterocycles. The number of rotatable bonds is 5. The smallest absolute Gasteiger partial charge is 0.407 e. The molecule has 3 aliphatic rings. The summed E-state index contributed by atoms with van der Waals surface area (Å²) in [5, 5.41) is 5.70. The molecule has 0 bridgehead atoms. The molecule has 10 heteroatoms. The molecular formula is C28H40FN5O4. The number of fused-ring (bicyclic) bond motifs is 2. The monoisotopic (exact) mass is 529 g/mol. The van der Waals surface area contributed by atoms with Crippen molar-refractivity contribution in [1.82, 2.24) is 15.5 Å². The summed E-state index contributed by atoms with van der Waals surface area (Å²) >= 11 is 0. The molecule has 2 unspecified atom stereocenters. The summed E-state index contributed by atoms with van der Waals surface area (Å²) in [5.41, 5.74) is 7.29. The van der Waals surface area contributed by atoms with Gasteiger partial charge in [0.2, 0.25) is 0 Å². The maximum Gasteiger partial charge on any atom is 0.407 e. The van der Waals surface area contributed by atoms with E-state index in [1.54, 1.807) is 30.9 Å². The van der Waals surface area contributed by atoms with Crippen molar-refractivity contribution in [1.29, 1.82) is 0 Å². The first-order chi connectivity index (χ1) is 18.1. The summed E-state index contributed by atoms with van der Waals surface area (Å²) in [5.74, 6) is -0.648. The third-order valence-electron chi connectivity index (χ3n) is 8.27. The molecule has 1 aromatic carbocycles. The van der Waals surface area contributed by atoms with Crippen molar-refractivity contribution in [2.75, 3.05) is 31.1 Å². The molecule has 1 aromatic rings. The first-order valence-electron chi connectivity index (χ1n) is 13.7. The van der Waals surface area contributed by atoms with Gasteiger partial charge < -0.3 is 26.0 Å². The predicted molar refractivity (Wildman–Crippen MR) is 143 cm³/mol. The molecule has 2 atom stereocenters. The number of ether oxygens (including phenoxy) is 1. The minimum atomic E-state index is -0.441. The van der Waals surface area contributed by atoms with Gasteiger partial charge in [0.05, 0.1) is 6.61 Å². The number of urea groups is 1. The van der Waals surface area contributed by atoms with E-state index in [2.05, 4.69) is 15.5 Å². The molecule has 2 heterocycles. The Morgan fingerprint density at radius 1 is 1.16 bits per heavy atom. The average molecular weight is 530 g/mol. The number of anilines is 1. The molecule has 4 rings (SSSR count). The van der Waals surface area contributed by atoms with Crippen LogP contribution in [0.5, 0.6) is 0 Å². The Morgan fingerprint density at radius 2 is 1.87 bits per heavy atom. The number of nitrogens with one attached hydrogen (secondary N) is 2. The standard InChI is InChI=1S/C28H40FN5O4/c1-4-38-27(37)31-21-7-5-6-8-22(16-21)33-13-11-28(12-14-33)17-34(24-10-9-20(29)15-23(24)28)26(36)32-25(18(2)30)19(3)35/h9-10,15,21-22H,4-8,11-14,16-17,30H2,1-3H3,(H,31,37)(H,32,36). The topological polar surface area (TPSA) is 117 Å². The van der Waals surface area contributed by atoms with Crippen molar-refractivity contribution >= 4 is 23.6 Å². The van der Waals surface area contributed by atoms with Gasteiger partial charge in [0.1, 0.15) is 11.5 Å². The predicted octanol–water partition coefficient (Wildman–Crippen LogP) is 3.92. The number of halogens is 1. The SMILES string of the molecule is CCOC(=O)NC1CCCCC(N2CCC3(CC2)CN(C(=O)NC(C(C)=O)=C(C)N)c2ccc(F)cc23)C1. The van der Waals surface area contributed by atoms with E-state index in [4.69, 9.17) is 10.5 Å². The van der Waals surface area contributed by atoms with Crippen LogP contribution in [-0.4, -0.2) is 61.1 Å². The van der Waals surface area contributed by atoms with Crippen LogP contribution in [-0.2, 0) is 14.9 Å². The Hall–Kier alpha value is -3.14. The number of carbonyl (C=O) groups is 3. The van der Waals surface area contributed by atoms with Gasteiger partial charge in [-0.1, -0.05) is 12.8 Å². The molecule has 2 fully saturated rings. The number of hydrogen-bond acceptors (Lipinski definition) is 6. The fourth-order valence-corrected chi connectivity index (χ4v) is 6.34. The summed E-state index contributed by atoms with van der Waals surface area (Å²) in [7, 11) is 0. The van der Waals surface area contributed by atoms with Gasteiger partial charge in [-0.15, -0.1) is 0 Å². The first-order valence-corrected chi connectivity index (χ1v) is 13.7. The molecule has 1 spiro atoms. The lowest BCUT2D eigenvalue weighted by Crippen LogP contribution is -2.51. The molecule has 2 aliphatic heterocycles. The number of piperidine rings is 1. The van der Waals surface area contributed by atoms with Crippen LogP contribution in [0.3, 0.4) is 0 Å². The second-order valence-electron chi connectivity index (χ2n) is 10.8. The van der Waals surface area contributed by atoms with Crippen LogP contribution < -0.4 is 21.3 Å². The molecule has 1 saturated carbocycles. The Bertz CT molecular complexity index is 1090. The highest BCUT2D eigenvalue weighted by molar-refractivity contribution is 6.02. The van der Waals surface area contributed by atoms with E-state index in [0.717, 1.165) is 63.6 Å². The summed E-state index contributed by atoms with van der Waals surface area (Å²) in [6.45, 7) is 7.14. The van der Waals surface area contributed by atoms with E-state index < -0.39 is 6.03 Å². The average Bonchev–Trinajstić information content (AvgIpc) is 3.00. The lowest BCUT2D eigenvalue weighted by atomic mass is 9.74. The Balaban J connectivity index is 1.48. The Labute approximate surface area is 223 Å². The van der Waals surface area contributed by atoms with E-state index in [1.165, 1.54) is 13.0 Å². The van der Waals surface area contributed by atoms with Crippen LogP contribution >= 0.6 is 0 Å². The first kappa shape index (κ1) is 27.9. The van der Waals surface area contributed by atoms with Crippen LogP contribution in [0.4, 0.5) is 19.7 Å². The molecule has 4 N–H and O–H groups in total. The number of ketones is 1. The van der Waals surface area contributed by atoms with Crippen LogP contribution in [0.2, 0.25) is 0 Å². The molecule has 1 aliphatic carbocycles. The number of allylic oxidation sites excluding steroid dienone is 2. The van der Waals surface area contributed by atoms with Crippen molar-refractivity contribution in [3.05, 3.63) is 41.0 Å². The third-order valence-corrected chi connectivity index (χ3v) is 8.27. The normalized spacial score (nSPS) is 23.7. The van der Waals surface area contributed by atoms with Crippen molar-refractivity contribution in [3.63, 3.8) is 0 Å². The number of alkyl carbamates (subject to hydrolysis) is 1. The molecule has 208 valence electrons. The molecule has 38 heavy (non-hydrogen) atoms. The van der Waals surface area contributed by atoms with Crippen molar-refractivity contribution in [2.45, 2.75) is 83.2 Å². The number of benzene rings is 1. The minimum Gasteiger partial charge on any atom is -0.450 e. The van der Waals surface area contributed by atoms with Gasteiger partial charge in [-0.2, -0.15) is 0 Å². The fourth-order valence-electron chi connectivity index (χ4n) is 6.34. The lowest BCUT2D eigenvalue weighted by molar-refractivity contribution is -0.113. The van der Waals surface area contributed by atoms with Crippen molar-refractivity contribution in [2.24, 2.45) is 5.73 Å². The maximum atomic E-state index is 14.4. The van der Waals surface area contributed by atoms with Gasteiger partial charge in [0, 0.05) is 42.4 Å².